The molecule has 36 heavy (non-hydrogen) atoms. The molecule has 12 heteroatoms. The number of morpholine rings is 1. The van der Waals surface area contributed by atoms with Gasteiger partial charge in [0.1, 0.15) is 17.9 Å². The average Bonchev–Trinajstić information content (AvgIpc) is 3.33. The number of hydrogen-bond donors (Lipinski definition) is 3. The number of fused-ring (bicyclic) bond motifs is 1. The zero-order valence-electron chi connectivity index (χ0n) is 20.1. The Labute approximate surface area is 208 Å². The molecule has 1 aromatic heterocycles. The monoisotopic (exact) mass is 502 g/mol. The van der Waals surface area contributed by atoms with E-state index in [9.17, 15) is 13.6 Å². The molecule has 0 saturated carbocycles. The number of para-hydroxylation sites is 2. The van der Waals surface area contributed by atoms with Crippen molar-refractivity contribution in [1.29, 1.82) is 0 Å². The van der Waals surface area contributed by atoms with E-state index < -0.39 is 12.1 Å². The minimum Gasteiger partial charge on any atom is -0.378 e. The van der Waals surface area contributed by atoms with Crippen molar-refractivity contribution in [3.63, 3.8) is 0 Å². The number of ether oxygens (including phenoxy) is 1. The van der Waals surface area contributed by atoms with Gasteiger partial charge >= 0.3 is 0 Å². The number of halogens is 2. The van der Waals surface area contributed by atoms with E-state index in [0.717, 1.165) is 6.29 Å². The Kier molecular flexibility index (Phi) is 7.17. The number of carbonyl (C=O) groups excluding carboxylic acids is 1. The minimum atomic E-state index is -2.81. The highest BCUT2D eigenvalue weighted by Gasteiger charge is 2.50. The van der Waals surface area contributed by atoms with E-state index in [0.29, 0.717) is 88.3 Å². The van der Waals surface area contributed by atoms with E-state index in [1.807, 2.05) is 11.0 Å². The van der Waals surface area contributed by atoms with Crippen LogP contribution in [0.15, 0.2) is 30.3 Å². The van der Waals surface area contributed by atoms with E-state index in [4.69, 9.17) is 10.5 Å². The number of aldehydes is 1. The first-order valence-corrected chi connectivity index (χ1v) is 12.3. The Bertz CT molecular complexity index is 1040. The van der Waals surface area contributed by atoms with Crippen LogP contribution < -0.4 is 26.2 Å². The van der Waals surface area contributed by atoms with Gasteiger partial charge in [-0.2, -0.15) is 0 Å². The largest absolute Gasteiger partial charge is 0.378 e. The SMILES string of the molecule is NC(CCC=O)N1CCN(c2cc(N3CCOCC3)nc(C3(C(F)F)Nc4ccccc4N3)n2)CC1. The van der Waals surface area contributed by atoms with Crippen molar-refractivity contribution >= 4 is 29.3 Å². The van der Waals surface area contributed by atoms with Gasteiger partial charge in [-0.25, -0.2) is 18.7 Å². The number of piperazine rings is 1. The highest BCUT2D eigenvalue weighted by atomic mass is 19.3. The van der Waals surface area contributed by atoms with Gasteiger partial charge in [-0.1, -0.05) is 12.1 Å². The van der Waals surface area contributed by atoms with Crippen molar-refractivity contribution in [2.24, 2.45) is 5.73 Å². The second-order valence-electron chi connectivity index (χ2n) is 9.25. The molecule has 0 spiro atoms. The van der Waals surface area contributed by atoms with Crippen molar-refractivity contribution in [2.75, 3.05) is 72.9 Å². The molecule has 0 amide bonds. The third-order valence-electron chi connectivity index (χ3n) is 6.99. The zero-order chi connectivity index (χ0) is 25.1. The Hall–Kier alpha value is -3.09. The van der Waals surface area contributed by atoms with E-state index in [-0.39, 0.29) is 12.0 Å². The molecule has 194 valence electrons. The maximum atomic E-state index is 14.7. The van der Waals surface area contributed by atoms with Gasteiger partial charge in [0.2, 0.25) is 5.66 Å². The van der Waals surface area contributed by atoms with Crippen LogP contribution in [0.4, 0.5) is 31.8 Å². The highest BCUT2D eigenvalue weighted by Crippen LogP contribution is 2.42. The molecule has 1 aromatic carbocycles. The van der Waals surface area contributed by atoms with Crippen LogP contribution in [0, 0.1) is 0 Å². The summed E-state index contributed by atoms with van der Waals surface area (Å²) < 4.78 is 35.0. The summed E-state index contributed by atoms with van der Waals surface area (Å²) in [5.74, 6) is 1.20. The minimum absolute atomic E-state index is 0.00203. The number of anilines is 4. The number of aromatic nitrogens is 2. The predicted octanol–water partition coefficient (Wildman–Crippen LogP) is 1.65. The second kappa shape index (κ2) is 10.5. The average molecular weight is 503 g/mol. The number of hydrogen-bond acceptors (Lipinski definition) is 10. The van der Waals surface area contributed by atoms with Crippen LogP contribution >= 0.6 is 0 Å². The molecule has 0 bridgehead atoms. The number of nitrogens with two attached hydrogens (primary N) is 1. The van der Waals surface area contributed by atoms with Crippen LogP contribution in [0.5, 0.6) is 0 Å². The molecule has 0 radical (unpaired) electrons. The first-order chi connectivity index (χ1) is 17.5. The second-order valence-corrected chi connectivity index (χ2v) is 9.25. The van der Waals surface area contributed by atoms with Gasteiger partial charge in [0.15, 0.2) is 5.82 Å². The molecule has 10 nitrogen and oxygen atoms in total. The van der Waals surface area contributed by atoms with E-state index in [2.05, 4.69) is 30.4 Å². The third-order valence-corrected chi connectivity index (χ3v) is 6.99. The summed E-state index contributed by atoms with van der Waals surface area (Å²) in [5.41, 5.74) is 5.46. The van der Waals surface area contributed by atoms with Crippen LogP contribution in [0.3, 0.4) is 0 Å². The molecule has 2 saturated heterocycles. The number of nitrogens with zero attached hydrogens (tertiary/aromatic N) is 5. The van der Waals surface area contributed by atoms with Crippen LogP contribution in [-0.4, -0.2) is 86.2 Å². The van der Waals surface area contributed by atoms with Gasteiger partial charge in [0, 0.05) is 51.8 Å². The standard InChI is InChI=1S/C24H32F2N8O2/c25-22(26)24(30-17-4-1-2-5-18(17)31-24)23-28-20(16-21(29-23)34-11-14-36-15-12-34)33-9-7-32(8-10-33)19(27)6-3-13-35/h1-2,4-5,13,16,19,22,30-31H,3,6-12,14-15,27H2. The molecule has 2 fully saturated rings. The summed E-state index contributed by atoms with van der Waals surface area (Å²) in [4.78, 5) is 26.3. The van der Waals surface area contributed by atoms with E-state index >= 15 is 0 Å². The summed E-state index contributed by atoms with van der Waals surface area (Å²) in [6, 6.07) is 8.98. The van der Waals surface area contributed by atoms with Crippen molar-refractivity contribution < 1.29 is 18.3 Å². The first-order valence-electron chi connectivity index (χ1n) is 12.3. The maximum absolute atomic E-state index is 14.7. The summed E-state index contributed by atoms with van der Waals surface area (Å²) in [6.45, 7) is 4.99. The van der Waals surface area contributed by atoms with Gasteiger partial charge in [0.25, 0.3) is 6.43 Å². The summed E-state index contributed by atoms with van der Waals surface area (Å²) in [5, 5.41) is 5.93. The van der Waals surface area contributed by atoms with Gasteiger partial charge in [-0.05, 0) is 18.6 Å². The lowest BCUT2D eigenvalue weighted by molar-refractivity contribution is -0.108. The Balaban J connectivity index is 1.45. The molecule has 4 N–H and O–H groups in total. The molecule has 5 rings (SSSR count). The lowest BCUT2D eigenvalue weighted by atomic mass is 10.1. The number of benzene rings is 1. The van der Waals surface area contributed by atoms with Crippen LogP contribution in [0.25, 0.3) is 0 Å². The topological polar surface area (TPSA) is 112 Å². The Morgan fingerprint density at radius 1 is 1.00 bits per heavy atom. The number of nitrogens with one attached hydrogen (secondary N) is 2. The van der Waals surface area contributed by atoms with E-state index in [1.54, 1.807) is 24.3 Å². The molecular formula is C24H32F2N8O2. The van der Waals surface area contributed by atoms with Gasteiger partial charge in [-0.3, -0.25) is 4.90 Å². The fourth-order valence-electron chi connectivity index (χ4n) is 4.89. The fraction of sp³-hybridized carbons (Fsp3) is 0.542. The third kappa shape index (κ3) is 4.80. The van der Waals surface area contributed by atoms with Crippen molar-refractivity contribution in [3.05, 3.63) is 36.2 Å². The summed E-state index contributed by atoms with van der Waals surface area (Å²) in [6.07, 6.45) is -1.08. The van der Waals surface area contributed by atoms with Gasteiger partial charge in [0.05, 0.1) is 30.8 Å². The van der Waals surface area contributed by atoms with Crippen molar-refractivity contribution in [1.82, 2.24) is 14.9 Å². The lowest BCUT2D eigenvalue weighted by Gasteiger charge is -2.39. The number of carbonyl (C=O) groups is 1. The number of alkyl halides is 2. The summed E-state index contributed by atoms with van der Waals surface area (Å²) in [7, 11) is 0. The molecular weight excluding hydrogens is 470 g/mol. The van der Waals surface area contributed by atoms with Gasteiger partial charge < -0.3 is 35.7 Å². The number of rotatable bonds is 8. The fourth-order valence-corrected chi connectivity index (χ4v) is 4.89. The quantitative estimate of drug-likeness (QED) is 0.461. The van der Waals surface area contributed by atoms with Crippen molar-refractivity contribution in [2.45, 2.75) is 31.1 Å². The molecule has 4 heterocycles. The maximum Gasteiger partial charge on any atom is 0.286 e. The molecule has 0 aliphatic carbocycles. The normalized spacial score (nSPS) is 20.6. The molecule has 3 aliphatic rings. The lowest BCUT2D eigenvalue weighted by Crippen LogP contribution is -2.54. The van der Waals surface area contributed by atoms with Crippen molar-refractivity contribution in [3.8, 4) is 0 Å². The molecule has 3 aliphatic heterocycles. The first kappa shape index (κ1) is 24.6. The van der Waals surface area contributed by atoms with Crippen LogP contribution in [-0.2, 0) is 15.2 Å². The van der Waals surface area contributed by atoms with Gasteiger partial charge in [-0.15, -0.1) is 0 Å². The predicted molar refractivity (Wildman–Crippen MR) is 133 cm³/mol. The van der Waals surface area contributed by atoms with Crippen LogP contribution in [0.1, 0.15) is 18.7 Å². The summed E-state index contributed by atoms with van der Waals surface area (Å²) >= 11 is 0. The van der Waals surface area contributed by atoms with Crippen LogP contribution in [0.2, 0.25) is 0 Å². The highest BCUT2D eigenvalue weighted by molar-refractivity contribution is 5.77. The van der Waals surface area contributed by atoms with E-state index in [1.165, 1.54) is 0 Å². The smallest absolute Gasteiger partial charge is 0.286 e. The zero-order valence-corrected chi connectivity index (χ0v) is 20.1. The Morgan fingerprint density at radius 2 is 1.58 bits per heavy atom. The molecule has 1 unspecified atom stereocenters. The molecule has 1 atom stereocenters. The molecule has 2 aromatic rings. The Morgan fingerprint density at radius 3 is 2.14 bits per heavy atom.